The van der Waals surface area contributed by atoms with Crippen molar-refractivity contribution in [2.75, 3.05) is 5.32 Å². The first-order valence-corrected chi connectivity index (χ1v) is 7.18. The zero-order valence-electron chi connectivity index (χ0n) is 13.0. The minimum Gasteiger partial charge on any atom is -0.320 e. The van der Waals surface area contributed by atoms with Crippen molar-refractivity contribution in [3.8, 4) is 0 Å². The SMILES string of the molecule is Cc1c(C(=O)Nc2cc([N+](=O)[O-])ccc2Cl)cc([N+](=O)[O-])cc1[N+](=O)[O-]. The predicted molar refractivity (Wildman–Crippen MR) is 90.5 cm³/mol. The molecule has 0 aliphatic rings. The molecule has 2 aromatic carbocycles. The second kappa shape index (κ2) is 7.11. The monoisotopic (exact) mass is 380 g/mol. The average molecular weight is 381 g/mol. The lowest BCUT2D eigenvalue weighted by atomic mass is 10.0. The number of anilines is 1. The fraction of sp³-hybridized carbons (Fsp3) is 0.0714. The van der Waals surface area contributed by atoms with Gasteiger partial charge in [-0.3, -0.25) is 35.1 Å². The normalized spacial score (nSPS) is 10.2. The van der Waals surface area contributed by atoms with Crippen LogP contribution in [0.3, 0.4) is 0 Å². The van der Waals surface area contributed by atoms with E-state index in [0.29, 0.717) is 0 Å². The second-order valence-electron chi connectivity index (χ2n) is 5.03. The topological polar surface area (TPSA) is 159 Å². The number of nitro benzene ring substituents is 3. The molecule has 0 radical (unpaired) electrons. The third-order valence-electron chi connectivity index (χ3n) is 3.43. The molecule has 0 aliphatic heterocycles. The van der Waals surface area contributed by atoms with Gasteiger partial charge in [0.25, 0.3) is 23.0 Å². The van der Waals surface area contributed by atoms with Crippen LogP contribution in [0.4, 0.5) is 22.7 Å². The summed E-state index contributed by atoms with van der Waals surface area (Å²) in [6, 6.07) is 4.94. The van der Waals surface area contributed by atoms with Gasteiger partial charge in [-0.2, -0.15) is 0 Å². The molecular weight excluding hydrogens is 372 g/mol. The van der Waals surface area contributed by atoms with Crippen LogP contribution in [0.25, 0.3) is 0 Å². The Labute approximate surface area is 149 Å². The Bertz CT molecular complexity index is 961. The molecule has 11 nitrogen and oxygen atoms in total. The lowest BCUT2D eigenvalue weighted by Gasteiger charge is -2.09. The molecule has 0 aliphatic carbocycles. The first-order chi connectivity index (χ1) is 12.1. The Kier molecular flexibility index (Phi) is 5.12. The van der Waals surface area contributed by atoms with E-state index in [1.807, 2.05) is 0 Å². The first-order valence-electron chi connectivity index (χ1n) is 6.80. The van der Waals surface area contributed by atoms with E-state index in [9.17, 15) is 35.1 Å². The molecule has 0 bridgehead atoms. The van der Waals surface area contributed by atoms with Crippen LogP contribution in [-0.4, -0.2) is 20.7 Å². The number of carbonyl (C=O) groups is 1. The molecule has 0 fully saturated rings. The molecule has 0 spiro atoms. The summed E-state index contributed by atoms with van der Waals surface area (Å²) in [4.78, 5) is 42.8. The Hall–Kier alpha value is -3.60. The fourth-order valence-electron chi connectivity index (χ4n) is 2.13. The molecular formula is C14H9ClN4O7. The van der Waals surface area contributed by atoms with Crippen LogP contribution >= 0.6 is 11.6 Å². The van der Waals surface area contributed by atoms with Gasteiger partial charge < -0.3 is 5.32 Å². The molecule has 26 heavy (non-hydrogen) atoms. The summed E-state index contributed by atoms with van der Waals surface area (Å²) in [5, 5.41) is 35.1. The van der Waals surface area contributed by atoms with Gasteiger partial charge in [0, 0.05) is 23.8 Å². The highest BCUT2D eigenvalue weighted by atomic mass is 35.5. The number of carbonyl (C=O) groups excluding carboxylic acids is 1. The molecule has 0 aromatic heterocycles. The van der Waals surface area contributed by atoms with E-state index in [2.05, 4.69) is 5.32 Å². The van der Waals surface area contributed by atoms with E-state index in [1.54, 1.807) is 0 Å². The summed E-state index contributed by atoms with van der Waals surface area (Å²) in [5.41, 5.74) is -2.12. The van der Waals surface area contributed by atoms with Gasteiger partial charge in [-0.1, -0.05) is 11.6 Å². The summed E-state index contributed by atoms with van der Waals surface area (Å²) in [5.74, 6) is -0.934. The molecule has 0 saturated heterocycles. The van der Waals surface area contributed by atoms with Crippen LogP contribution in [-0.2, 0) is 0 Å². The number of hydrogen-bond donors (Lipinski definition) is 1. The number of nitrogens with one attached hydrogen (secondary N) is 1. The van der Waals surface area contributed by atoms with Gasteiger partial charge in [-0.15, -0.1) is 0 Å². The number of non-ortho nitro benzene ring substituents is 2. The second-order valence-corrected chi connectivity index (χ2v) is 5.43. The van der Waals surface area contributed by atoms with Crippen molar-refractivity contribution in [1.29, 1.82) is 0 Å². The largest absolute Gasteiger partial charge is 0.320 e. The van der Waals surface area contributed by atoms with Crippen molar-refractivity contribution < 1.29 is 19.6 Å². The molecule has 0 saturated carbocycles. The number of benzene rings is 2. The summed E-state index contributed by atoms with van der Waals surface area (Å²) >= 11 is 5.88. The maximum atomic E-state index is 12.4. The van der Waals surface area contributed by atoms with E-state index in [-0.39, 0.29) is 27.5 Å². The molecule has 12 heteroatoms. The molecule has 0 atom stereocenters. The maximum absolute atomic E-state index is 12.4. The standard InChI is InChI=1S/C14H9ClN4O7/c1-7-10(4-9(18(23)24)6-13(7)19(25)26)14(20)16-12-5-8(17(21)22)2-3-11(12)15/h2-6H,1H3,(H,16,20). The van der Waals surface area contributed by atoms with Gasteiger partial charge in [0.15, 0.2) is 0 Å². The quantitative estimate of drug-likeness (QED) is 0.612. The molecule has 134 valence electrons. The molecule has 1 N–H and O–H groups in total. The van der Waals surface area contributed by atoms with Crippen LogP contribution in [0.2, 0.25) is 5.02 Å². The van der Waals surface area contributed by atoms with Crippen molar-refractivity contribution in [3.05, 3.63) is 76.8 Å². The third-order valence-corrected chi connectivity index (χ3v) is 3.76. The van der Waals surface area contributed by atoms with E-state index >= 15 is 0 Å². The highest BCUT2D eigenvalue weighted by Crippen LogP contribution is 2.31. The zero-order valence-corrected chi connectivity index (χ0v) is 13.7. The van der Waals surface area contributed by atoms with Gasteiger partial charge in [0.1, 0.15) is 0 Å². The number of halogens is 1. The summed E-state index contributed by atoms with van der Waals surface area (Å²) in [7, 11) is 0. The molecule has 2 rings (SSSR count). The summed E-state index contributed by atoms with van der Waals surface area (Å²) in [6.45, 7) is 1.26. The van der Waals surface area contributed by atoms with Crippen LogP contribution in [0.5, 0.6) is 0 Å². The summed E-state index contributed by atoms with van der Waals surface area (Å²) < 4.78 is 0. The lowest BCUT2D eigenvalue weighted by Crippen LogP contribution is -2.15. The fourth-order valence-corrected chi connectivity index (χ4v) is 2.29. The molecule has 1 amide bonds. The smallest absolute Gasteiger partial charge is 0.279 e. The van der Waals surface area contributed by atoms with E-state index in [0.717, 1.165) is 24.3 Å². The summed E-state index contributed by atoms with van der Waals surface area (Å²) in [6.07, 6.45) is 0. The number of amides is 1. The minimum absolute atomic E-state index is 0.0125. The minimum atomic E-state index is -0.934. The van der Waals surface area contributed by atoms with Crippen molar-refractivity contribution in [3.63, 3.8) is 0 Å². The van der Waals surface area contributed by atoms with Gasteiger partial charge >= 0.3 is 0 Å². The lowest BCUT2D eigenvalue weighted by molar-refractivity contribution is -0.394. The van der Waals surface area contributed by atoms with Crippen molar-refractivity contribution in [1.82, 2.24) is 0 Å². The molecule has 2 aromatic rings. The first kappa shape index (κ1) is 18.7. The number of rotatable bonds is 5. The van der Waals surface area contributed by atoms with Crippen molar-refractivity contribution in [2.24, 2.45) is 0 Å². The van der Waals surface area contributed by atoms with Crippen LogP contribution in [0, 0.1) is 37.3 Å². The number of nitrogens with zero attached hydrogens (tertiary/aromatic N) is 3. The van der Waals surface area contributed by atoms with E-state index < -0.39 is 32.1 Å². The van der Waals surface area contributed by atoms with E-state index in [4.69, 9.17) is 11.6 Å². The van der Waals surface area contributed by atoms with Crippen LogP contribution in [0.1, 0.15) is 15.9 Å². The van der Waals surface area contributed by atoms with Crippen molar-refractivity contribution >= 4 is 40.3 Å². The Morgan fingerprint density at radius 2 is 1.58 bits per heavy atom. The molecule has 0 heterocycles. The Morgan fingerprint density at radius 1 is 0.962 bits per heavy atom. The average Bonchev–Trinajstić information content (AvgIpc) is 2.56. The van der Waals surface area contributed by atoms with Gasteiger partial charge in [-0.05, 0) is 13.0 Å². The highest BCUT2D eigenvalue weighted by Gasteiger charge is 2.25. The van der Waals surface area contributed by atoms with Gasteiger partial charge in [0.05, 0.1) is 37.1 Å². The Balaban J connectivity index is 2.50. The van der Waals surface area contributed by atoms with Gasteiger partial charge in [0.2, 0.25) is 0 Å². The zero-order chi connectivity index (χ0) is 19.6. The van der Waals surface area contributed by atoms with Gasteiger partial charge in [-0.25, -0.2) is 0 Å². The van der Waals surface area contributed by atoms with Crippen molar-refractivity contribution in [2.45, 2.75) is 6.92 Å². The van der Waals surface area contributed by atoms with E-state index in [1.165, 1.54) is 13.0 Å². The predicted octanol–water partition coefficient (Wildman–Crippen LogP) is 3.63. The number of hydrogen-bond acceptors (Lipinski definition) is 7. The highest BCUT2D eigenvalue weighted by molar-refractivity contribution is 6.34. The molecule has 0 unspecified atom stereocenters. The maximum Gasteiger partial charge on any atom is 0.279 e. The third kappa shape index (κ3) is 3.72. The van der Waals surface area contributed by atoms with Crippen LogP contribution < -0.4 is 5.32 Å². The Morgan fingerprint density at radius 3 is 2.12 bits per heavy atom. The van der Waals surface area contributed by atoms with Crippen LogP contribution in [0.15, 0.2) is 30.3 Å². The number of nitro groups is 3.